The van der Waals surface area contributed by atoms with Gasteiger partial charge in [-0.1, -0.05) is 6.92 Å². The molecule has 4 aliphatic rings. The number of nitrogens with zero attached hydrogens (tertiary/aromatic N) is 1. The van der Waals surface area contributed by atoms with Crippen LogP contribution < -0.4 is 0 Å². The number of fused-ring (bicyclic) bond motifs is 1. The summed E-state index contributed by atoms with van der Waals surface area (Å²) in [6.07, 6.45) is -3.24. The number of carbonyl (C=O) groups excluding carboxylic acids is 1. The van der Waals surface area contributed by atoms with Crippen LogP contribution in [-0.4, -0.2) is 29.1 Å². The summed E-state index contributed by atoms with van der Waals surface area (Å²) in [7, 11) is 0. The zero-order valence-corrected chi connectivity index (χ0v) is 9.05. The fourth-order valence-corrected chi connectivity index (χ4v) is 3.23. The van der Waals surface area contributed by atoms with Crippen molar-refractivity contribution >= 4 is 5.91 Å². The van der Waals surface area contributed by atoms with Crippen LogP contribution in [0.1, 0.15) is 26.2 Å². The molecule has 2 saturated carbocycles. The van der Waals surface area contributed by atoms with Gasteiger partial charge in [-0.3, -0.25) is 4.79 Å². The molecule has 2 nitrogen and oxygen atoms in total. The first-order valence-corrected chi connectivity index (χ1v) is 5.73. The molecule has 0 unspecified atom stereocenters. The molecule has 16 heavy (non-hydrogen) atoms. The van der Waals surface area contributed by atoms with Gasteiger partial charge in [-0.15, -0.1) is 0 Å². The van der Waals surface area contributed by atoms with Gasteiger partial charge in [0.1, 0.15) is 5.54 Å². The van der Waals surface area contributed by atoms with Crippen molar-refractivity contribution in [2.24, 2.45) is 17.8 Å². The molecule has 2 saturated heterocycles. The minimum atomic E-state index is -4.26. The van der Waals surface area contributed by atoms with Crippen LogP contribution in [0.15, 0.2) is 0 Å². The second-order valence-electron chi connectivity index (χ2n) is 5.57. The fraction of sp³-hybridized carbons (Fsp3) is 0.909. The van der Waals surface area contributed by atoms with Gasteiger partial charge in [-0.2, -0.15) is 13.2 Å². The van der Waals surface area contributed by atoms with Crippen molar-refractivity contribution in [3.63, 3.8) is 0 Å². The third-order valence-corrected chi connectivity index (χ3v) is 4.43. The van der Waals surface area contributed by atoms with Crippen molar-refractivity contribution in [3.8, 4) is 0 Å². The molecule has 2 heterocycles. The number of halogens is 3. The van der Waals surface area contributed by atoms with E-state index in [2.05, 4.69) is 0 Å². The smallest absolute Gasteiger partial charge is 0.327 e. The van der Waals surface area contributed by atoms with Crippen LogP contribution >= 0.6 is 0 Å². The lowest BCUT2D eigenvalue weighted by Crippen LogP contribution is -2.59. The molecule has 0 spiro atoms. The standard InChI is InChI=1S/C11H14F3NO/c1-6-2-8(6)9(16)15-5-7-3-10(15,4-7)11(12,13)14/h6-8H,2-5H2,1H3/t6-,7?,8-,10?/m1/s1. The molecule has 2 bridgehead atoms. The van der Waals surface area contributed by atoms with E-state index < -0.39 is 11.7 Å². The molecule has 90 valence electrons. The number of amides is 1. The number of hydrogen-bond donors (Lipinski definition) is 0. The van der Waals surface area contributed by atoms with Crippen LogP contribution in [0.4, 0.5) is 13.2 Å². The van der Waals surface area contributed by atoms with E-state index in [4.69, 9.17) is 0 Å². The van der Waals surface area contributed by atoms with Gasteiger partial charge in [0.15, 0.2) is 0 Å². The highest BCUT2D eigenvalue weighted by Crippen LogP contribution is 2.59. The Morgan fingerprint density at radius 3 is 2.38 bits per heavy atom. The van der Waals surface area contributed by atoms with Gasteiger partial charge in [0.2, 0.25) is 5.91 Å². The number of alkyl halides is 3. The van der Waals surface area contributed by atoms with Crippen molar-refractivity contribution in [3.05, 3.63) is 0 Å². The summed E-state index contributed by atoms with van der Waals surface area (Å²) in [6.45, 7) is 2.24. The Kier molecular flexibility index (Phi) is 1.78. The molecule has 0 aromatic heterocycles. The van der Waals surface area contributed by atoms with Gasteiger partial charge < -0.3 is 4.90 Å². The van der Waals surface area contributed by atoms with E-state index in [-0.39, 0.29) is 36.5 Å². The van der Waals surface area contributed by atoms with Gasteiger partial charge in [0.25, 0.3) is 0 Å². The normalized spacial score (nSPS) is 45.5. The van der Waals surface area contributed by atoms with E-state index >= 15 is 0 Å². The summed E-state index contributed by atoms with van der Waals surface area (Å²) >= 11 is 0. The third kappa shape index (κ3) is 1.12. The van der Waals surface area contributed by atoms with E-state index in [1.165, 1.54) is 0 Å². The molecule has 0 N–H and O–H groups in total. The molecule has 1 amide bonds. The maximum Gasteiger partial charge on any atom is 0.411 e. The highest BCUT2D eigenvalue weighted by molar-refractivity contribution is 5.83. The van der Waals surface area contributed by atoms with E-state index in [1.54, 1.807) is 0 Å². The molecule has 0 aromatic carbocycles. The van der Waals surface area contributed by atoms with E-state index in [0.29, 0.717) is 6.54 Å². The minimum absolute atomic E-state index is 0.0830. The average Bonchev–Trinajstić information content (AvgIpc) is 2.63. The third-order valence-electron chi connectivity index (χ3n) is 4.43. The van der Waals surface area contributed by atoms with E-state index in [1.807, 2.05) is 6.92 Å². The first-order valence-electron chi connectivity index (χ1n) is 5.73. The van der Waals surface area contributed by atoms with Crippen molar-refractivity contribution < 1.29 is 18.0 Å². The van der Waals surface area contributed by atoms with E-state index in [9.17, 15) is 18.0 Å². The Balaban J connectivity index is 1.83. The summed E-state index contributed by atoms with van der Waals surface area (Å²) in [5.74, 6) is -0.0429. The Hall–Kier alpha value is -0.740. The molecule has 2 aliphatic heterocycles. The van der Waals surface area contributed by atoms with Gasteiger partial charge in [0, 0.05) is 12.5 Å². The summed E-state index contributed by atoms with van der Waals surface area (Å²) in [5, 5.41) is 0. The van der Waals surface area contributed by atoms with Crippen molar-refractivity contribution in [1.82, 2.24) is 4.90 Å². The molecule has 5 heteroatoms. The van der Waals surface area contributed by atoms with Gasteiger partial charge in [0.05, 0.1) is 0 Å². The van der Waals surface area contributed by atoms with Crippen LogP contribution in [0.2, 0.25) is 0 Å². The highest BCUT2D eigenvalue weighted by atomic mass is 19.4. The lowest BCUT2D eigenvalue weighted by molar-refractivity contribution is -0.236. The van der Waals surface area contributed by atoms with Crippen LogP contribution in [0, 0.1) is 17.8 Å². The second kappa shape index (κ2) is 2.74. The maximum absolute atomic E-state index is 13.0. The number of carbonyl (C=O) groups is 1. The summed E-state index contributed by atoms with van der Waals surface area (Å²) in [5.41, 5.74) is -1.79. The quantitative estimate of drug-likeness (QED) is 0.680. The predicted molar refractivity (Wildman–Crippen MR) is 50.5 cm³/mol. The molecule has 0 radical (unpaired) electrons. The van der Waals surface area contributed by atoms with Crippen LogP contribution in [0.5, 0.6) is 0 Å². The van der Waals surface area contributed by atoms with Crippen LogP contribution in [0.3, 0.4) is 0 Å². The number of hydrogen-bond acceptors (Lipinski definition) is 1. The van der Waals surface area contributed by atoms with Crippen molar-refractivity contribution in [2.45, 2.75) is 37.9 Å². The lowest BCUT2D eigenvalue weighted by atomic mass is 9.72. The Bertz CT molecular complexity index is 346. The second-order valence-corrected chi connectivity index (χ2v) is 5.57. The first kappa shape index (κ1) is 10.4. The largest absolute Gasteiger partial charge is 0.411 e. The Morgan fingerprint density at radius 2 is 1.94 bits per heavy atom. The van der Waals surface area contributed by atoms with Crippen molar-refractivity contribution in [1.29, 1.82) is 0 Å². The number of rotatable bonds is 1. The minimum Gasteiger partial charge on any atom is -0.327 e. The zero-order valence-electron chi connectivity index (χ0n) is 9.05. The van der Waals surface area contributed by atoms with Gasteiger partial charge in [-0.25, -0.2) is 0 Å². The van der Waals surface area contributed by atoms with Crippen molar-refractivity contribution in [2.75, 3.05) is 6.54 Å². The molecule has 2 atom stereocenters. The van der Waals surface area contributed by atoms with E-state index in [0.717, 1.165) is 11.3 Å². The summed E-state index contributed by atoms with van der Waals surface area (Å²) < 4.78 is 38.9. The molecule has 4 fully saturated rings. The Morgan fingerprint density at radius 1 is 1.38 bits per heavy atom. The van der Waals surface area contributed by atoms with Crippen LogP contribution in [-0.2, 0) is 4.79 Å². The van der Waals surface area contributed by atoms with Gasteiger partial charge in [-0.05, 0) is 31.1 Å². The molecular formula is C11H14F3NO. The highest BCUT2D eigenvalue weighted by Gasteiger charge is 2.72. The van der Waals surface area contributed by atoms with Crippen LogP contribution in [0.25, 0.3) is 0 Å². The molecule has 0 aromatic rings. The SMILES string of the molecule is C[C@@H]1C[C@H]1C(=O)N1CC2CC1(C(F)(F)F)C2. The zero-order chi connectivity index (χ0) is 11.7. The predicted octanol–water partition coefficient (Wildman–Crippen LogP) is 2.20. The average molecular weight is 233 g/mol. The monoisotopic (exact) mass is 233 g/mol. The molecule has 4 rings (SSSR count). The Labute approximate surface area is 91.8 Å². The fourth-order valence-electron chi connectivity index (χ4n) is 3.23. The lowest BCUT2D eigenvalue weighted by Gasteiger charge is -2.43. The maximum atomic E-state index is 13.0. The molecule has 2 aliphatic carbocycles. The summed E-state index contributed by atoms with van der Waals surface area (Å²) in [4.78, 5) is 13.1. The van der Waals surface area contributed by atoms with Gasteiger partial charge >= 0.3 is 6.18 Å². The summed E-state index contributed by atoms with van der Waals surface area (Å²) in [6, 6.07) is 0. The topological polar surface area (TPSA) is 20.3 Å². The first-order chi connectivity index (χ1) is 7.35. The molecular weight excluding hydrogens is 219 g/mol.